The van der Waals surface area contributed by atoms with E-state index in [1.165, 1.54) is 0 Å². The number of hydrogen-bond acceptors (Lipinski definition) is 3. The number of carbonyl (C=O) groups is 2. The Kier molecular flexibility index (Phi) is 5.56. The molecular weight excluding hydrogens is 210 g/mol. The van der Waals surface area contributed by atoms with Gasteiger partial charge in [0, 0.05) is 6.54 Å². The first-order valence-electron chi connectivity index (χ1n) is 5.39. The van der Waals surface area contributed by atoms with E-state index in [1.807, 2.05) is 0 Å². The summed E-state index contributed by atoms with van der Waals surface area (Å²) in [7, 11) is 0. The number of amides is 1. The standard InChI is InChI=1S/C11H17NO4/c13-10(7-16-8-11(14)15)12-6-9-4-2-1-3-5-9/h1-2,9H,3-8H2,(H,12,13)(H,14,15). The van der Waals surface area contributed by atoms with Crippen LogP contribution in [0.15, 0.2) is 12.2 Å². The van der Waals surface area contributed by atoms with Gasteiger partial charge in [0.15, 0.2) is 0 Å². The second-order valence-corrected chi connectivity index (χ2v) is 3.84. The average Bonchev–Trinajstić information content (AvgIpc) is 2.27. The van der Waals surface area contributed by atoms with E-state index < -0.39 is 12.6 Å². The lowest BCUT2D eigenvalue weighted by atomic mass is 9.94. The Balaban J connectivity index is 2.05. The molecule has 0 aromatic rings. The lowest BCUT2D eigenvalue weighted by molar-refractivity contribution is -0.143. The van der Waals surface area contributed by atoms with Gasteiger partial charge in [-0.25, -0.2) is 4.79 Å². The minimum absolute atomic E-state index is 0.186. The molecule has 1 aliphatic rings. The summed E-state index contributed by atoms with van der Waals surface area (Å²) in [4.78, 5) is 21.3. The molecule has 1 amide bonds. The highest BCUT2D eigenvalue weighted by atomic mass is 16.5. The maximum Gasteiger partial charge on any atom is 0.329 e. The average molecular weight is 227 g/mol. The SMILES string of the molecule is O=C(O)COCC(=O)NCC1CC=CCC1. The Morgan fingerprint density at radius 1 is 1.38 bits per heavy atom. The van der Waals surface area contributed by atoms with Gasteiger partial charge in [0.2, 0.25) is 5.91 Å². The fourth-order valence-electron chi connectivity index (χ4n) is 1.58. The highest BCUT2D eigenvalue weighted by molar-refractivity contribution is 5.77. The molecule has 2 N–H and O–H groups in total. The van der Waals surface area contributed by atoms with E-state index in [2.05, 4.69) is 22.2 Å². The number of ether oxygens (including phenoxy) is 1. The van der Waals surface area contributed by atoms with E-state index in [1.54, 1.807) is 0 Å². The van der Waals surface area contributed by atoms with E-state index in [-0.39, 0.29) is 12.5 Å². The zero-order valence-corrected chi connectivity index (χ0v) is 9.15. The molecule has 0 fully saturated rings. The summed E-state index contributed by atoms with van der Waals surface area (Å²) in [6.45, 7) is 0.0219. The molecule has 1 aliphatic carbocycles. The molecule has 0 spiro atoms. The number of carboxylic acid groups (broad SMARTS) is 1. The fourth-order valence-corrected chi connectivity index (χ4v) is 1.58. The molecule has 16 heavy (non-hydrogen) atoms. The van der Waals surface area contributed by atoms with Crippen LogP contribution in [0.25, 0.3) is 0 Å². The molecule has 1 atom stereocenters. The largest absolute Gasteiger partial charge is 0.480 e. The van der Waals surface area contributed by atoms with Crippen LogP contribution in [0.2, 0.25) is 0 Å². The molecule has 1 rings (SSSR count). The summed E-state index contributed by atoms with van der Waals surface area (Å²) < 4.78 is 4.67. The number of hydrogen-bond donors (Lipinski definition) is 2. The van der Waals surface area contributed by atoms with Crippen molar-refractivity contribution >= 4 is 11.9 Å². The van der Waals surface area contributed by atoms with E-state index in [0.717, 1.165) is 19.3 Å². The van der Waals surface area contributed by atoms with Gasteiger partial charge in [0.05, 0.1) is 0 Å². The van der Waals surface area contributed by atoms with Crippen LogP contribution >= 0.6 is 0 Å². The first-order valence-corrected chi connectivity index (χ1v) is 5.39. The molecule has 0 saturated carbocycles. The molecule has 0 bridgehead atoms. The maximum atomic E-state index is 11.2. The summed E-state index contributed by atoms with van der Waals surface area (Å²) in [6.07, 6.45) is 7.43. The third kappa shape index (κ3) is 5.50. The Morgan fingerprint density at radius 2 is 2.19 bits per heavy atom. The van der Waals surface area contributed by atoms with Gasteiger partial charge in [0.25, 0.3) is 0 Å². The van der Waals surface area contributed by atoms with E-state index >= 15 is 0 Å². The molecule has 5 heteroatoms. The number of carboxylic acids is 1. The van der Waals surface area contributed by atoms with Crippen molar-refractivity contribution in [3.05, 3.63) is 12.2 Å². The molecule has 0 aromatic heterocycles. The minimum atomic E-state index is -1.06. The quantitative estimate of drug-likeness (QED) is 0.650. The molecule has 0 saturated heterocycles. The van der Waals surface area contributed by atoms with Crippen LogP contribution in [-0.2, 0) is 14.3 Å². The Morgan fingerprint density at radius 3 is 2.81 bits per heavy atom. The molecule has 0 radical (unpaired) electrons. The van der Waals surface area contributed by atoms with Gasteiger partial charge in [0.1, 0.15) is 13.2 Å². The van der Waals surface area contributed by atoms with Crippen LogP contribution in [-0.4, -0.2) is 36.7 Å². The number of aliphatic carboxylic acids is 1. The van der Waals surface area contributed by atoms with Crippen molar-refractivity contribution in [3.63, 3.8) is 0 Å². The minimum Gasteiger partial charge on any atom is -0.480 e. The number of rotatable bonds is 6. The first-order chi connectivity index (χ1) is 7.68. The van der Waals surface area contributed by atoms with Gasteiger partial charge in [-0.15, -0.1) is 0 Å². The monoisotopic (exact) mass is 227 g/mol. The van der Waals surface area contributed by atoms with Crippen LogP contribution in [0, 0.1) is 5.92 Å². The predicted octanol–water partition coefficient (Wildman–Crippen LogP) is 0.560. The smallest absolute Gasteiger partial charge is 0.329 e. The van der Waals surface area contributed by atoms with Gasteiger partial charge in [-0.3, -0.25) is 4.79 Å². The van der Waals surface area contributed by atoms with Crippen molar-refractivity contribution in [2.75, 3.05) is 19.8 Å². The van der Waals surface area contributed by atoms with Gasteiger partial charge in [-0.2, -0.15) is 0 Å². The van der Waals surface area contributed by atoms with Crippen molar-refractivity contribution in [2.45, 2.75) is 19.3 Å². The number of nitrogens with one attached hydrogen (secondary N) is 1. The second-order valence-electron chi connectivity index (χ2n) is 3.84. The summed E-state index contributed by atoms with van der Waals surface area (Å²) in [5.41, 5.74) is 0. The normalized spacial score (nSPS) is 19.4. The molecule has 5 nitrogen and oxygen atoms in total. The molecule has 0 heterocycles. The van der Waals surface area contributed by atoms with Crippen LogP contribution < -0.4 is 5.32 Å². The fraction of sp³-hybridized carbons (Fsp3) is 0.636. The van der Waals surface area contributed by atoms with Gasteiger partial charge in [-0.05, 0) is 25.2 Å². The van der Waals surface area contributed by atoms with Crippen LogP contribution in [0.4, 0.5) is 0 Å². The topological polar surface area (TPSA) is 75.6 Å². The Labute approximate surface area is 94.5 Å². The number of allylic oxidation sites excluding steroid dienone is 2. The summed E-state index contributed by atoms with van der Waals surface area (Å²) in [6, 6.07) is 0. The lowest BCUT2D eigenvalue weighted by Gasteiger charge is -2.17. The predicted molar refractivity (Wildman–Crippen MR) is 57.9 cm³/mol. The molecule has 1 unspecified atom stereocenters. The van der Waals surface area contributed by atoms with Crippen LogP contribution in [0.3, 0.4) is 0 Å². The van der Waals surface area contributed by atoms with Gasteiger partial charge >= 0.3 is 5.97 Å². The van der Waals surface area contributed by atoms with E-state index in [0.29, 0.717) is 12.5 Å². The van der Waals surface area contributed by atoms with E-state index in [9.17, 15) is 9.59 Å². The lowest BCUT2D eigenvalue weighted by Crippen LogP contribution is -2.33. The molecule has 90 valence electrons. The van der Waals surface area contributed by atoms with E-state index in [4.69, 9.17) is 5.11 Å². The van der Waals surface area contributed by atoms with Gasteiger partial charge in [-0.1, -0.05) is 12.2 Å². The summed E-state index contributed by atoms with van der Waals surface area (Å²) in [5, 5.41) is 11.0. The van der Waals surface area contributed by atoms with Crippen LogP contribution in [0.1, 0.15) is 19.3 Å². The highest BCUT2D eigenvalue weighted by Crippen LogP contribution is 2.16. The van der Waals surface area contributed by atoms with Crippen molar-refractivity contribution in [1.82, 2.24) is 5.32 Å². The highest BCUT2D eigenvalue weighted by Gasteiger charge is 2.11. The summed E-state index contributed by atoms with van der Waals surface area (Å²) >= 11 is 0. The maximum absolute atomic E-state index is 11.2. The zero-order valence-electron chi connectivity index (χ0n) is 9.15. The van der Waals surface area contributed by atoms with Gasteiger partial charge < -0.3 is 15.2 Å². The first kappa shape index (κ1) is 12.7. The number of carbonyl (C=O) groups excluding carboxylic acids is 1. The Bertz CT molecular complexity index is 275. The zero-order chi connectivity index (χ0) is 11.8. The van der Waals surface area contributed by atoms with Crippen molar-refractivity contribution < 1.29 is 19.4 Å². The molecule has 0 aromatic carbocycles. The third-order valence-corrected chi connectivity index (χ3v) is 2.42. The third-order valence-electron chi connectivity index (χ3n) is 2.42. The second kappa shape index (κ2) is 7.00. The van der Waals surface area contributed by atoms with Crippen LogP contribution in [0.5, 0.6) is 0 Å². The van der Waals surface area contributed by atoms with Crippen molar-refractivity contribution in [3.8, 4) is 0 Å². The summed E-state index contributed by atoms with van der Waals surface area (Å²) in [5.74, 6) is -0.825. The molecule has 0 aliphatic heterocycles. The van der Waals surface area contributed by atoms with Crippen molar-refractivity contribution in [2.24, 2.45) is 5.92 Å². The molecular formula is C11H17NO4. The van der Waals surface area contributed by atoms with Crippen molar-refractivity contribution in [1.29, 1.82) is 0 Å². The Hall–Kier alpha value is -1.36.